The summed E-state index contributed by atoms with van der Waals surface area (Å²) in [5, 5.41) is 5.55. The van der Waals surface area contributed by atoms with Crippen molar-refractivity contribution in [1.82, 2.24) is 5.32 Å². The predicted molar refractivity (Wildman–Crippen MR) is 103 cm³/mol. The zero-order valence-electron chi connectivity index (χ0n) is 15.4. The second-order valence-corrected chi connectivity index (χ2v) is 5.89. The highest BCUT2D eigenvalue weighted by atomic mass is 16.5. The van der Waals surface area contributed by atoms with E-state index < -0.39 is 5.97 Å². The number of anilines is 1. The summed E-state index contributed by atoms with van der Waals surface area (Å²) >= 11 is 0. The van der Waals surface area contributed by atoms with Crippen molar-refractivity contribution in [3.63, 3.8) is 0 Å². The van der Waals surface area contributed by atoms with E-state index >= 15 is 0 Å². The molecule has 0 aliphatic heterocycles. The molecule has 0 fully saturated rings. The van der Waals surface area contributed by atoms with Crippen LogP contribution in [0.2, 0.25) is 0 Å². The summed E-state index contributed by atoms with van der Waals surface area (Å²) < 4.78 is 4.80. The Bertz CT molecular complexity index is 775. The second-order valence-electron chi connectivity index (χ2n) is 5.89. The third-order valence-corrected chi connectivity index (χ3v) is 3.85. The Balaban J connectivity index is 1.89. The lowest BCUT2D eigenvalue weighted by Crippen LogP contribution is -2.27. The van der Waals surface area contributed by atoms with Crippen molar-refractivity contribution in [2.75, 3.05) is 18.5 Å². The Morgan fingerprint density at radius 2 is 1.63 bits per heavy atom. The maximum absolute atomic E-state index is 12.5. The average Bonchev–Trinajstić information content (AvgIpc) is 2.68. The Labute approximate surface area is 158 Å². The maximum atomic E-state index is 12.5. The minimum absolute atomic E-state index is 0.00277. The molecule has 0 spiro atoms. The molecular weight excluding hydrogens is 344 g/mol. The molecule has 0 saturated heterocycles. The van der Waals surface area contributed by atoms with Crippen LogP contribution in [0.5, 0.6) is 0 Å². The molecule has 0 aliphatic carbocycles. The predicted octanol–water partition coefficient (Wildman–Crippen LogP) is 2.94. The fraction of sp³-hybridized carbons (Fsp3) is 0.286. The SMILES string of the molecule is CCOC(=O)CCC(=O)Nc1ccccc1C(=O)NCCc1ccccc1. The third-order valence-electron chi connectivity index (χ3n) is 3.85. The van der Waals surface area contributed by atoms with Crippen LogP contribution in [0, 0.1) is 0 Å². The lowest BCUT2D eigenvalue weighted by Gasteiger charge is -2.11. The van der Waals surface area contributed by atoms with E-state index in [1.807, 2.05) is 30.3 Å². The molecule has 0 aromatic heterocycles. The molecule has 6 heteroatoms. The molecule has 0 heterocycles. The van der Waals surface area contributed by atoms with Gasteiger partial charge >= 0.3 is 5.97 Å². The molecule has 0 atom stereocenters. The fourth-order valence-corrected chi connectivity index (χ4v) is 2.51. The first-order valence-electron chi connectivity index (χ1n) is 8.96. The van der Waals surface area contributed by atoms with Gasteiger partial charge in [-0.05, 0) is 31.0 Å². The van der Waals surface area contributed by atoms with Crippen molar-refractivity contribution in [3.8, 4) is 0 Å². The van der Waals surface area contributed by atoms with E-state index in [0.717, 1.165) is 12.0 Å². The first-order chi connectivity index (χ1) is 13.1. The minimum atomic E-state index is -0.417. The summed E-state index contributed by atoms with van der Waals surface area (Å²) in [5.74, 6) is -1.01. The topological polar surface area (TPSA) is 84.5 Å². The van der Waals surface area contributed by atoms with E-state index in [0.29, 0.717) is 17.8 Å². The van der Waals surface area contributed by atoms with Gasteiger partial charge in [0.25, 0.3) is 5.91 Å². The van der Waals surface area contributed by atoms with Crippen molar-refractivity contribution in [3.05, 3.63) is 65.7 Å². The molecule has 2 amide bonds. The number of benzene rings is 2. The van der Waals surface area contributed by atoms with Crippen LogP contribution in [-0.4, -0.2) is 30.9 Å². The molecule has 0 radical (unpaired) electrons. The summed E-state index contributed by atoms with van der Waals surface area (Å²) in [4.78, 5) is 35.8. The van der Waals surface area contributed by atoms with Crippen molar-refractivity contribution in [2.24, 2.45) is 0 Å². The lowest BCUT2D eigenvalue weighted by atomic mass is 10.1. The quantitative estimate of drug-likeness (QED) is 0.667. The molecule has 2 rings (SSSR count). The molecule has 27 heavy (non-hydrogen) atoms. The number of carbonyl (C=O) groups is 3. The van der Waals surface area contributed by atoms with Crippen molar-refractivity contribution in [2.45, 2.75) is 26.2 Å². The number of nitrogens with one attached hydrogen (secondary N) is 2. The van der Waals surface area contributed by atoms with Crippen molar-refractivity contribution < 1.29 is 19.1 Å². The number of amides is 2. The smallest absolute Gasteiger partial charge is 0.306 e. The van der Waals surface area contributed by atoms with Crippen LogP contribution in [0.15, 0.2) is 54.6 Å². The van der Waals surface area contributed by atoms with Crippen LogP contribution < -0.4 is 10.6 Å². The van der Waals surface area contributed by atoms with Gasteiger partial charge in [-0.15, -0.1) is 0 Å². The summed E-state index contributed by atoms with van der Waals surface area (Å²) in [5.41, 5.74) is 1.94. The van der Waals surface area contributed by atoms with E-state index in [1.165, 1.54) is 0 Å². The van der Waals surface area contributed by atoms with Crippen LogP contribution in [0.25, 0.3) is 0 Å². The number of hydrogen-bond donors (Lipinski definition) is 2. The highest BCUT2D eigenvalue weighted by Gasteiger charge is 2.14. The summed E-state index contributed by atoms with van der Waals surface area (Å²) in [6.45, 7) is 2.49. The van der Waals surface area contributed by atoms with E-state index in [-0.39, 0.29) is 31.3 Å². The maximum Gasteiger partial charge on any atom is 0.306 e. The van der Waals surface area contributed by atoms with Crippen LogP contribution in [-0.2, 0) is 20.7 Å². The molecule has 2 aromatic carbocycles. The van der Waals surface area contributed by atoms with Gasteiger partial charge in [0, 0.05) is 13.0 Å². The van der Waals surface area contributed by atoms with Crippen LogP contribution in [0.3, 0.4) is 0 Å². The van der Waals surface area contributed by atoms with Gasteiger partial charge < -0.3 is 15.4 Å². The Hall–Kier alpha value is -3.15. The summed E-state index contributed by atoms with van der Waals surface area (Å²) in [6.07, 6.45) is 0.731. The molecular formula is C21H24N2O4. The van der Waals surface area contributed by atoms with E-state index in [1.54, 1.807) is 31.2 Å². The van der Waals surface area contributed by atoms with Gasteiger partial charge in [-0.25, -0.2) is 0 Å². The van der Waals surface area contributed by atoms with E-state index in [4.69, 9.17) is 4.74 Å². The number of ether oxygens (including phenoxy) is 1. The average molecular weight is 368 g/mol. The molecule has 0 aliphatic rings. The summed E-state index contributed by atoms with van der Waals surface area (Å²) in [7, 11) is 0. The van der Waals surface area contributed by atoms with Gasteiger partial charge in [0.15, 0.2) is 0 Å². The number of esters is 1. The second kappa shape index (κ2) is 10.8. The third kappa shape index (κ3) is 6.93. The standard InChI is InChI=1S/C21H24N2O4/c1-2-27-20(25)13-12-19(24)23-18-11-7-6-10-17(18)21(26)22-15-14-16-8-4-3-5-9-16/h3-11H,2,12-15H2,1H3,(H,22,26)(H,23,24). The normalized spacial score (nSPS) is 10.1. The monoisotopic (exact) mass is 368 g/mol. The number of carbonyl (C=O) groups excluding carboxylic acids is 3. The molecule has 142 valence electrons. The van der Waals surface area contributed by atoms with E-state index in [9.17, 15) is 14.4 Å². The van der Waals surface area contributed by atoms with Gasteiger partial charge in [0.2, 0.25) is 5.91 Å². The highest BCUT2D eigenvalue weighted by molar-refractivity contribution is 6.04. The molecule has 6 nitrogen and oxygen atoms in total. The van der Waals surface area contributed by atoms with Gasteiger partial charge in [-0.1, -0.05) is 42.5 Å². The molecule has 0 unspecified atom stereocenters. The zero-order valence-corrected chi connectivity index (χ0v) is 15.4. The van der Waals surface area contributed by atoms with E-state index in [2.05, 4.69) is 10.6 Å². The minimum Gasteiger partial charge on any atom is -0.466 e. The van der Waals surface area contributed by atoms with Crippen LogP contribution in [0.4, 0.5) is 5.69 Å². The fourth-order valence-electron chi connectivity index (χ4n) is 2.51. The lowest BCUT2D eigenvalue weighted by molar-refractivity contribution is -0.144. The zero-order chi connectivity index (χ0) is 19.5. The highest BCUT2D eigenvalue weighted by Crippen LogP contribution is 2.15. The van der Waals surface area contributed by atoms with Crippen molar-refractivity contribution >= 4 is 23.5 Å². The molecule has 0 saturated carbocycles. The largest absolute Gasteiger partial charge is 0.466 e. The van der Waals surface area contributed by atoms with Crippen LogP contribution >= 0.6 is 0 Å². The van der Waals surface area contributed by atoms with Gasteiger partial charge in [-0.2, -0.15) is 0 Å². The summed E-state index contributed by atoms with van der Waals surface area (Å²) in [6, 6.07) is 16.7. The van der Waals surface area contributed by atoms with Gasteiger partial charge in [0.05, 0.1) is 24.3 Å². The number of para-hydroxylation sites is 1. The molecule has 2 aromatic rings. The first kappa shape index (κ1) is 20.2. The van der Waals surface area contributed by atoms with Crippen molar-refractivity contribution in [1.29, 1.82) is 0 Å². The molecule has 0 bridgehead atoms. The van der Waals surface area contributed by atoms with Gasteiger partial charge in [0.1, 0.15) is 0 Å². The number of hydrogen-bond acceptors (Lipinski definition) is 4. The Morgan fingerprint density at radius 1 is 0.926 bits per heavy atom. The number of rotatable bonds is 9. The Kier molecular flexibility index (Phi) is 8.03. The Morgan fingerprint density at radius 3 is 2.37 bits per heavy atom. The molecule has 2 N–H and O–H groups in total. The first-order valence-corrected chi connectivity index (χ1v) is 8.96. The van der Waals surface area contributed by atoms with Crippen LogP contribution in [0.1, 0.15) is 35.7 Å². The van der Waals surface area contributed by atoms with Gasteiger partial charge in [-0.3, -0.25) is 14.4 Å².